The van der Waals surface area contributed by atoms with Crippen molar-refractivity contribution in [3.8, 4) is 11.5 Å². The first-order valence-electron chi connectivity index (χ1n) is 9.48. The lowest BCUT2D eigenvalue weighted by molar-refractivity contribution is -0.111. The van der Waals surface area contributed by atoms with Crippen LogP contribution in [-0.2, 0) is 11.3 Å². The second kappa shape index (κ2) is 8.53. The molecule has 150 valence electrons. The van der Waals surface area contributed by atoms with Crippen molar-refractivity contribution in [3.63, 3.8) is 0 Å². The molecule has 3 aromatic carbocycles. The topological polar surface area (TPSA) is 76.4 Å². The number of fused-ring (bicyclic) bond motifs is 1. The number of phenolic OH excluding ortho intramolecular Hbond substituents is 1. The van der Waals surface area contributed by atoms with E-state index >= 15 is 0 Å². The Morgan fingerprint density at radius 1 is 1.13 bits per heavy atom. The summed E-state index contributed by atoms with van der Waals surface area (Å²) >= 11 is 0. The number of benzene rings is 3. The molecule has 30 heavy (non-hydrogen) atoms. The van der Waals surface area contributed by atoms with Crippen LogP contribution in [0.25, 0.3) is 17.0 Å². The van der Waals surface area contributed by atoms with E-state index in [0.29, 0.717) is 23.5 Å². The minimum Gasteiger partial charge on any atom is -0.504 e. The van der Waals surface area contributed by atoms with E-state index < -0.39 is 0 Å². The van der Waals surface area contributed by atoms with Gasteiger partial charge in [-0.25, -0.2) is 0 Å². The first-order valence-corrected chi connectivity index (χ1v) is 9.48. The predicted octanol–water partition coefficient (Wildman–Crippen LogP) is 4.45. The van der Waals surface area contributed by atoms with Crippen molar-refractivity contribution < 1.29 is 14.6 Å². The lowest BCUT2D eigenvalue weighted by Gasteiger charge is -2.09. The standard InChI is InChI=1S/C24H21N3O3/c1-30-22-12-10-17(14-21(22)28)11-13-23(29)26-20-9-5-8-19-15-25-27(24(19)20)16-18-6-3-2-4-7-18/h2-15,28H,16H2,1H3,(H,26,29). The number of ether oxygens (including phenoxy) is 1. The fourth-order valence-electron chi connectivity index (χ4n) is 3.28. The molecule has 0 bridgehead atoms. The normalized spacial score (nSPS) is 11.1. The Morgan fingerprint density at radius 2 is 1.97 bits per heavy atom. The highest BCUT2D eigenvalue weighted by Crippen LogP contribution is 2.27. The SMILES string of the molecule is COc1ccc(C=CC(=O)Nc2cccc3cnn(Cc4ccccc4)c23)cc1O. The van der Waals surface area contributed by atoms with Crippen molar-refractivity contribution in [3.05, 3.63) is 90.1 Å². The number of anilines is 1. The molecule has 2 N–H and O–H groups in total. The van der Waals surface area contributed by atoms with Crippen LogP contribution in [0.5, 0.6) is 11.5 Å². The number of amides is 1. The molecule has 0 saturated carbocycles. The molecule has 0 radical (unpaired) electrons. The molecule has 0 fully saturated rings. The van der Waals surface area contributed by atoms with Crippen LogP contribution in [0.1, 0.15) is 11.1 Å². The largest absolute Gasteiger partial charge is 0.504 e. The molecular weight excluding hydrogens is 378 g/mol. The van der Waals surface area contributed by atoms with Gasteiger partial charge in [-0.2, -0.15) is 5.10 Å². The Labute approximate surface area is 174 Å². The maximum Gasteiger partial charge on any atom is 0.248 e. The van der Waals surface area contributed by atoms with Gasteiger partial charge >= 0.3 is 0 Å². The van der Waals surface area contributed by atoms with Crippen LogP contribution in [0.2, 0.25) is 0 Å². The van der Waals surface area contributed by atoms with Crippen molar-refractivity contribution in [2.24, 2.45) is 0 Å². The van der Waals surface area contributed by atoms with Gasteiger partial charge in [0.1, 0.15) is 0 Å². The minimum absolute atomic E-state index is 0.0228. The molecule has 6 nitrogen and oxygen atoms in total. The van der Waals surface area contributed by atoms with Gasteiger partial charge in [0.25, 0.3) is 0 Å². The number of hydrogen-bond donors (Lipinski definition) is 2. The van der Waals surface area contributed by atoms with Crippen LogP contribution >= 0.6 is 0 Å². The van der Waals surface area contributed by atoms with Crippen LogP contribution in [0.3, 0.4) is 0 Å². The second-order valence-corrected chi connectivity index (χ2v) is 6.79. The Morgan fingerprint density at radius 3 is 2.73 bits per heavy atom. The molecule has 0 unspecified atom stereocenters. The van der Waals surface area contributed by atoms with Gasteiger partial charge in [0, 0.05) is 11.5 Å². The van der Waals surface area contributed by atoms with Gasteiger partial charge in [0.15, 0.2) is 11.5 Å². The molecule has 0 atom stereocenters. The molecule has 6 heteroatoms. The van der Waals surface area contributed by atoms with E-state index in [4.69, 9.17) is 4.74 Å². The van der Waals surface area contributed by atoms with Crippen molar-refractivity contribution in [2.75, 3.05) is 12.4 Å². The predicted molar refractivity (Wildman–Crippen MR) is 118 cm³/mol. The molecular formula is C24H21N3O3. The number of nitrogens with one attached hydrogen (secondary N) is 1. The lowest BCUT2D eigenvalue weighted by atomic mass is 10.2. The third-order valence-electron chi connectivity index (χ3n) is 4.72. The summed E-state index contributed by atoms with van der Waals surface area (Å²) in [6, 6.07) is 20.7. The van der Waals surface area contributed by atoms with Crippen LogP contribution in [0, 0.1) is 0 Å². The number of aromatic nitrogens is 2. The number of rotatable bonds is 6. The Balaban J connectivity index is 1.55. The number of aromatic hydroxyl groups is 1. The first-order chi connectivity index (χ1) is 14.6. The summed E-state index contributed by atoms with van der Waals surface area (Å²) in [6.45, 7) is 0.609. The van der Waals surface area contributed by atoms with E-state index in [1.165, 1.54) is 19.3 Å². The Kier molecular flexibility index (Phi) is 5.48. The molecule has 1 aromatic heterocycles. The summed E-state index contributed by atoms with van der Waals surface area (Å²) < 4.78 is 6.91. The molecule has 4 aromatic rings. The van der Waals surface area contributed by atoms with Crippen molar-refractivity contribution in [2.45, 2.75) is 6.54 Å². The zero-order valence-corrected chi connectivity index (χ0v) is 16.4. The number of nitrogens with zero attached hydrogens (tertiary/aromatic N) is 2. The van der Waals surface area contributed by atoms with E-state index in [1.54, 1.807) is 24.4 Å². The van der Waals surface area contributed by atoms with Gasteiger partial charge in [-0.1, -0.05) is 48.5 Å². The van der Waals surface area contributed by atoms with E-state index in [2.05, 4.69) is 10.4 Å². The zero-order chi connectivity index (χ0) is 20.9. The number of hydrogen-bond acceptors (Lipinski definition) is 4. The van der Waals surface area contributed by atoms with Gasteiger partial charge in [0.05, 0.1) is 31.1 Å². The van der Waals surface area contributed by atoms with Crippen molar-refractivity contribution >= 4 is 28.6 Å². The molecule has 0 spiro atoms. The summed E-state index contributed by atoms with van der Waals surface area (Å²) in [7, 11) is 1.49. The van der Waals surface area contributed by atoms with Gasteiger partial charge in [-0.15, -0.1) is 0 Å². The van der Waals surface area contributed by atoms with E-state index in [-0.39, 0.29) is 11.7 Å². The van der Waals surface area contributed by atoms with Crippen LogP contribution in [0.15, 0.2) is 79.0 Å². The average molecular weight is 399 g/mol. The number of carbonyl (C=O) groups is 1. The highest BCUT2D eigenvalue weighted by molar-refractivity contribution is 6.06. The summed E-state index contributed by atoms with van der Waals surface area (Å²) in [6.07, 6.45) is 4.86. The molecule has 4 rings (SSSR count). The molecule has 1 amide bonds. The number of phenols is 1. The summed E-state index contributed by atoms with van der Waals surface area (Å²) in [4.78, 5) is 12.5. The quantitative estimate of drug-likeness (QED) is 0.470. The summed E-state index contributed by atoms with van der Waals surface area (Å²) in [5.41, 5.74) is 3.37. The van der Waals surface area contributed by atoms with Crippen LogP contribution < -0.4 is 10.1 Å². The molecule has 0 saturated heterocycles. The maximum absolute atomic E-state index is 12.5. The average Bonchev–Trinajstić information content (AvgIpc) is 3.17. The van der Waals surface area contributed by atoms with Crippen LogP contribution in [0.4, 0.5) is 5.69 Å². The fourth-order valence-corrected chi connectivity index (χ4v) is 3.28. The van der Waals surface area contributed by atoms with Gasteiger partial charge in [-0.05, 0) is 35.4 Å². The maximum atomic E-state index is 12.5. The molecule has 0 aliphatic carbocycles. The third-order valence-corrected chi connectivity index (χ3v) is 4.72. The highest BCUT2D eigenvalue weighted by Gasteiger charge is 2.10. The first kappa shape index (κ1) is 19.3. The summed E-state index contributed by atoms with van der Waals surface area (Å²) in [5, 5.41) is 18.2. The van der Waals surface area contributed by atoms with Crippen molar-refractivity contribution in [1.29, 1.82) is 0 Å². The molecule has 0 aliphatic rings. The fraction of sp³-hybridized carbons (Fsp3) is 0.0833. The Bertz CT molecular complexity index is 1210. The van der Waals surface area contributed by atoms with Crippen molar-refractivity contribution in [1.82, 2.24) is 9.78 Å². The lowest BCUT2D eigenvalue weighted by Crippen LogP contribution is -2.10. The van der Waals surface area contributed by atoms with Gasteiger partial charge in [-0.3, -0.25) is 9.48 Å². The molecule has 0 aliphatic heterocycles. The van der Waals surface area contributed by atoms with Gasteiger partial charge in [0.2, 0.25) is 5.91 Å². The third kappa shape index (κ3) is 4.17. The monoisotopic (exact) mass is 399 g/mol. The zero-order valence-electron chi connectivity index (χ0n) is 16.4. The Hall–Kier alpha value is -4.06. The number of para-hydroxylation sites is 1. The van der Waals surface area contributed by atoms with E-state index in [9.17, 15) is 9.90 Å². The molecule has 1 heterocycles. The number of carbonyl (C=O) groups excluding carboxylic acids is 1. The van der Waals surface area contributed by atoms with Crippen LogP contribution in [-0.4, -0.2) is 27.9 Å². The van der Waals surface area contributed by atoms with Gasteiger partial charge < -0.3 is 15.2 Å². The minimum atomic E-state index is -0.273. The highest BCUT2D eigenvalue weighted by atomic mass is 16.5. The van der Waals surface area contributed by atoms with E-state index in [1.807, 2.05) is 53.2 Å². The number of methoxy groups -OCH3 is 1. The smallest absolute Gasteiger partial charge is 0.248 e. The van der Waals surface area contributed by atoms with E-state index in [0.717, 1.165) is 16.5 Å². The second-order valence-electron chi connectivity index (χ2n) is 6.79. The summed E-state index contributed by atoms with van der Waals surface area (Å²) in [5.74, 6) is 0.134.